The number of nitrogens with zero attached hydrogens (tertiary/aromatic N) is 5. The Bertz CT molecular complexity index is 1430. The van der Waals surface area contributed by atoms with Crippen LogP contribution in [-0.4, -0.2) is 87.1 Å². The van der Waals surface area contributed by atoms with Gasteiger partial charge in [0.1, 0.15) is 30.2 Å². The number of hydrogen-bond acceptors (Lipinski definition) is 15. The summed E-state index contributed by atoms with van der Waals surface area (Å²) in [5, 5.41) is 29.6. The quantitative estimate of drug-likeness (QED) is 0.159. The van der Waals surface area contributed by atoms with Crippen molar-refractivity contribution in [2.24, 2.45) is 0 Å². The van der Waals surface area contributed by atoms with Crippen LogP contribution in [0.5, 0.6) is 0 Å². The molecule has 0 spiro atoms. The van der Waals surface area contributed by atoms with Gasteiger partial charge in [-0.2, -0.15) is 4.31 Å². The number of aryl methyl sites for hydroxylation is 1. The van der Waals surface area contributed by atoms with Crippen molar-refractivity contribution in [1.29, 1.82) is 0 Å². The molecule has 208 valence electrons. The Morgan fingerprint density at radius 3 is 2.58 bits per heavy atom. The number of aromatic carboxylic acids is 1. The number of aliphatic hydroxyl groups excluding tert-OH is 2. The third-order valence-corrected chi connectivity index (χ3v) is 9.11. The van der Waals surface area contributed by atoms with Gasteiger partial charge in [-0.15, -0.1) is 11.3 Å². The van der Waals surface area contributed by atoms with E-state index in [1.54, 1.807) is 6.92 Å². The van der Waals surface area contributed by atoms with Crippen molar-refractivity contribution >= 4 is 49.9 Å². The monoisotopic (exact) mass is 596 g/mol. The highest BCUT2D eigenvalue weighted by atomic mass is 32.1. The minimum atomic E-state index is -5.22. The van der Waals surface area contributed by atoms with E-state index >= 15 is 0 Å². The van der Waals surface area contributed by atoms with Crippen molar-refractivity contribution in [1.82, 2.24) is 24.5 Å². The Balaban J connectivity index is 1.32. The molecular weight excluding hydrogens is 574 g/mol. The maximum atomic E-state index is 12.2. The fourth-order valence-corrected chi connectivity index (χ4v) is 6.46. The molecule has 0 amide bonds. The molecule has 3 aromatic rings. The summed E-state index contributed by atoms with van der Waals surface area (Å²) in [5.74, 6) is -1.16. The minimum absolute atomic E-state index is 0.0256. The summed E-state index contributed by atoms with van der Waals surface area (Å²) in [5.41, 5.74) is 6.53. The van der Waals surface area contributed by atoms with Crippen molar-refractivity contribution in [3.63, 3.8) is 0 Å². The number of fused-ring (bicyclic) bond motifs is 1. The first-order valence-electron chi connectivity index (χ1n) is 10.6. The van der Waals surface area contributed by atoms with E-state index in [4.69, 9.17) is 20.1 Å². The van der Waals surface area contributed by atoms with Gasteiger partial charge in [0.15, 0.2) is 17.7 Å². The number of carboxylic acid groups (broad SMARTS) is 1. The van der Waals surface area contributed by atoms with Crippen LogP contribution in [0.1, 0.15) is 26.6 Å². The molecule has 3 aromatic heterocycles. The molecule has 6 atom stereocenters. The molecule has 1 fully saturated rings. The van der Waals surface area contributed by atoms with E-state index in [-0.39, 0.29) is 28.4 Å². The van der Waals surface area contributed by atoms with Gasteiger partial charge < -0.3 is 35.6 Å². The number of rotatable bonds is 11. The molecule has 0 aromatic carbocycles. The average Bonchev–Trinajstić information content (AvgIpc) is 3.49. The Labute approximate surface area is 216 Å². The zero-order chi connectivity index (χ0) is 27.8. The Morgan fingerprint density at radius 2 is 1.89 bits per heavy atom. The lowest BCUT2D eigenvalue weighted by Gasteiger charge is -2.19. The molecule has 21 heteroatoms. The first-order chi connectivity index (χ1) is 17.8. The molecule has 4 heterocycles. The summed E-state index contributed by atoms with van der Waals surface area (Å²) < 4.78 is 44.8. The van der Waals surface area contributed by atoms with Gasteiger partial charge >= 0.3 is 21.6 Å². The lowest BCUT2D eigenvalue weighted by molar-refractivity contribution is -0.0504. The van der Waals surface area contributed by atoms with E-state index in [1.165, 1.54) is 10.9 Å². The molecule has 0 aliphatic carbocycles. The lowest BCUT2D eigenvalue weighted by atomic mass is 10.1. The second-order valence-electron chi connectivity index (χ2n) is 7.86. The average molecular weight is 596 g/mol. The third-order valence-electron chi connectivity index (χ3n) is 5.27. The summed E-state index contributed by atoms with van der Waals surface area (Å²) in [4.78, 5) is 46.8. The second kappa shape index (κ2) is 11.0. The lowest BCUT2D eigenvalue weighted by Crippen LogP contribution is -2.33. The number of phosphoric acid groups is 2. The number of aliphatic hydroxyl groups is 2. The summed E-state index contributed by atoms with van der Waals surface area (Å²) in [6, 6.07) is 0. The van der Waals surface area contributed by atoms with Gasteiger partial charge in [0.25, 0.3) is 0 Å². The van der Waals surface area contributed by atoms with Gasteiger partial charge in [-0.25, -0.2) is 33.9 Å². The van der Waals surface area contributed by atoms with Crippen molar-refractivity contribution in [2.45, 2.75) is 37.9 Å². The van der Waals surface area contributed by atoms with Crippen LogP contribution in [0.2, 0.25) is 0 Å². The zero-order valence-electron chi connectivity index (χ0n) is 19.3. The predicted molar refractivity (Wildman–Crippen MR) is 126 cm³/mol. The number of nitrogen functional groups attached to an aromatic ring is 1. The molecule has 4 rings (SSSR count). The normalized spacial score (nSPS) is 24.9. The fourth-order valence-electron chi connectivity index (χ4n) is 3.50. The van der Waals surface area contributed by atoms with Gasteiger partial charge in [-0.05, 0) is 6.92 Å². The van der Waals surface area contributed by atoms with Crippen LogP contribution in [-0.2, 0) is 33.6 Å². The van der Waals surface area contributed by atoms with Crippen LogP contribution in [0.25, 0.3) is 11.2 Å². The number of phosphoric ester groups is 2. The number of ether oxygens (including phenoxy) is 1. The molecule has 1 aliphatic heterocycles. The van der Waals surface area contributed by atoms with Gasteiger partial charge in [0, 0.05) is 11.3 Å². The zero-order valence-corrected chi connectivity index (χ0v) is 21.9. The summed E-state index contributed by atoms with van der Waals surface area (Å²) in [6.45, 7) is 0.244. The first-order valence-corrected chi connectivity index (χ1v) is 14.4. The Morgan fingerprint density at radius 1 is 1.18 bits per heavy atom. The number of anilines is 1. The van der Waals surface area contributed by atoms with Gasteiger partial charge in [-0.1, -0.05) is 0 Å². The number of imidazole rings is 1. The van der Waals surface area contributed by atoms with Crippen LogP contribution >= 0.6 is 27.0 Å². The van der Waals surface area contributed by atoms with Crippen molar-refractivity contribution in [2.75, 3.05) is 18.9 Å². The van der Waals surface area contributed by atoms with E-state index in [0.29, 0.717) is 10.6 Å². The van der Waals surface area contributed by atoms with Crippen LogP contribution in [0.15, 0.2) is 12.7 Å². The summed E-state index contributed by atoms with van der Waals surface area (Å²) >= 11 is 0.846. The van der Waals surface area contributed by atoms with Gasteiger partial charge in [0.2, 0.25) is 5.01 Å². The van der Waals surface area contributed by atoms with E-state index < -0.39 is 59.4 Å². The number of aromatic nitrogens is 5. The van der Waals surface area contributed by atoms with Crippen molar-refractivity contribution < 1.29 is 57.1 Å². The maximum Gasteiger partial charge on any atom is 0.481 e. The molecule has 38 heavy (non-hydrogen) atoms. The molecule has 0 saturated carbocycles. The highest BCUT2D eigenvalue weighted by molar-refractivity contribution is 7.61. The number of nitrogens with two attached hydrogens (primary N) is 1. The summed E-state index contributed by atoms with van der Waals surface area (Å²) in [6.07, 6.45) is -3.37. The van der Waals surface area contributed by atoms with E-state index in [2.05, 4.69) is 28.8 Å². The number of hydrogen-bond donors (Lipinski definition) is 6. The number of thiazole rings is 1. The van der Waals surface area contributed by atoms with Crippen molar-refractivity contribution in [3.05, 3.63) is 28.2 Å². The highest BCUT2D eigenvalue weighted by Gasteiger charge is 2.46. The largest absolute Gasteiger partial charge is 0.481 e. The molecule has 1 saturated heterocycles. The molecule has 18 nitrogen and oxygen atoms in total. The van der Waals surface area contributed by atoms with Crippen LogP contribution < -0.4 is 5.73 Å². The van der Waals surface area contributed by atoms with E-state index in [0.717, 1.165) is 17.7 Å². The first kappa shape index (κ1) is 28.6. The smallest absolute Gasteiger partial charge is 0.476 e. The molecule has 0 bridgehead atoms. The molecule has 7 N–H and O–H groups in total. The number of carbonyl (C=O) groups is 1. The topological polar surface area (TPSA) is 272 Å². The van der Waals surface area contributed by atoms with E-state index in [1.807, 2.05) is 0 Å². The Kier molecular flexibility index (Phi) is 8.27. The predicted octanol–water partition coefficient (Wildman–Crippen LogP) is -0.0159. The molecule has 0 radical (unpaired) electrons. The van der Waals surface area contributed by atoms with E-state index in [9.17, 15) is 33.9 Å². The van der Waals surface area contributed by atoms with Crippen LogP contribution in [0, 0.1) is 6.92 Å². The second-order valence-corrected chi connectivity index (χ2v) is 12.0. The molecule has 1 aliphatic rings. The molecule has 2 unspecified atom stereocenters. The highest BCUT2D eigenvalue weighted by Crippen LogP contribution is 2.60. The van der Waals surface area contributed by atoms with Gasteiger partial charge in [0.05, 0.1) is 25.2 Å². The Hall–Kier alpha value is -2.41. The standard InChI is InChI=1S/C17H22N6O12P2S/c1-7-9(38-15(22-7)17(26)27)2-3-32-36(28,29)35-37(30,31)33-4-8-11(24)12(25)16(34-8)23-6-21-10-13(18)19-5-20-14(10)23/h5-6,8,11-12,16,24-25H,2-4H2,1H3,(H,26,27)(H,28,29)(H,30,31)(H2,18,19,20)/t8-,11-,12-,16-/m1/s1. The summed E-state index contributed by atoms with van der Waals surface area (Å²) in [7, 11) is -10.3. The maximum absolute atomic E-state index is 12.2. The minimum Gasteiger partial charge on any atom is -0.476 e. The number of carboxylic acids is 1. The van der Waals surface area contributed by atoms with Crippen LogP contribution in [0.3, 0.4) is 0 Å². The van der Waals surface area contributed by atoms with Crippen molar-refractivity contribution in [3.8, 4) is 0 Å². The SMILES string of the molecule is Cc1nc(C(=O)O)sc1CCOP(=O)(O)OP(=O)(O)OC[C@H]1O[C@@H](n2cnc3c(N)ncnc32)[C@H](O)[C@@H]1O. The fraction of sp³-hybridized carbons (Fsp3) is 0.471. The molecular formula is C17H22N6O12P2S. The van der Waals surface area contributed by atoms with Crippen LogP contribution in [0.4, 0.5) is 5.82 Å². The van der Waals surface area contributed by atoms with Gasteiger partial charge in [-0.3, -0.25) is 13.6 Å². The third kappa shape index (κ3) is 6.24.